The Labute approximate surface area is 209 Å². The van der Waals surface area contributed by atoms with Gasteiger partial charge in [-0.25, -0.2) is 9.59 Å². The lowest BCUT2D eigenvalue weighted by molar-refractivity contribution is -0.202. The van der Waals surface area contributed by atoms with E-state index in [9.17, 15) is 29.9 Å². The first kappa shape index (κ1) is 26.9. The van der Waals surface area contributed by atoms with E-state index < -0.39 is 40.8 Å². The van der Waals surface area contributed by atoms with Crippen LogP contribution in [0.2, 0.25) is 0 Å². The first-order valence-corrected chi connectivity index (χ1v) is 11.5. The van der Waals surface area contributed by atoms with Gasteiger partial charge in [0.1, 0.15) is 5.60 Å². The second-order valence-corrected chi connectivity index (χ2v) is 9.86. The Kier molecular flexibility index (Phi) is 7.53. The van der Waals surface area contributed by atoms with Gasteiger partial charge in [-0.1, -0.05) is 42.5 Å². The molecule has 0 spiro atoms. The van der Waals surface area contributed by atoms with Crippen LogP contribution in [0.25, 0.3) is 0 Å². The van der Waals surface area contributed by atoms with E-state index in [-0.39, 0.29) is 36.2 Å². The summed E-state index contributed by atoms with van der Waals surface area (Å²) in [5.74, 6) is -3.62. The molecule has 0 aliphatic carbocycles. The highest BCUT2D eigenvalue weighted by molar-refractivity contribution is 5.91. The van der Waals surface area contributed by atoms with E-state index in [1.807, 2.05) is 6.07 Å². The van der Waals surface area contributed by atoms with E-state index in [1.165, 1.54) is 23.1 Å². The molecule has 2 aromatic rings. The predicted molar refractivity (Wildman–Crippen MR) is 128 cm³/mol. The number of rotatable bonds is 4. The van der Waals surface area contributed by atoms with Crippen LogP contribution in [0.1, 0.15) is 50.8 Å². The topological polar surface area (TPSA) is 137 Å². The quantitative estimate of drug-likeness (QED) is 0.489. The zero-order chi connectivity index (χ0) is 26.7. The molecule has 9 nitrogen and oxygen atoms in total. The summed E-state index contributed by atoms with van der Waals surface area (Å²) in [4.78, 5) is 39.3. The lowest BCUT2D eigenvalue weighted by Crippen LogP contribution is -2.62. The van der Waals surface area contributed by atoms with Crippen LogP contribution in [0.4, 0.5) is 4.79 Å². The van der Waals surface area contributed by atoms with Gasteiger partial charge >= 0.3 is 18.0 Å². The summed E-state index contributed by atoms with van der Waals surface area (Å²) in [7, 11) is 0. The number of benzene rings is 2. The fourth-order valence-corrected chi connectivity index (χ4v) is 4.48. The van der Waals surface area contributed by atoms with Crippen molar-refractivity contribution in [2.45, 2.75) is 50.9 Å². The van der Waals surface area contributed by atoms with E-state index in [1.54, 1.807) is 57.2 Å². The third-order valence-electron chi connectivity index (χ3n) is 6.15. The maximum absolute atomic E-state index is 13.3. The Hall–Kier alpha value is -3.74. The number of hydrogen-bond acceptors (Lipinski definition) is 8. The van der Waals surface area contributed by atoms with Crippen molar-refractivity contribution >= 4 is 18.0 Å². The Morgan fingerprint density at radius 2 is 1.78 bits per heavy atom. The summed E-state index contributed by atoms with van der Waals surface area (Å²) in [6, 6.07) is 16.0. The molecule has 0 radical (unpaired) electrons. The molecule has 1 heterocycles. The second-order valence-electron chi connectivity index (χ2n) is 9.86. The highest BCUT2D eigenvalue weighted by atomic mass is 16.6. The second kappa shape index (κ2) is 10.1. The van der Waals surface area contributed by atoms with Crippen molar-refractivity contribution in [2.75, 3.05) is 13.1 Å². The number of nitrogens with zero attached hydrogens (tertiary/aromatic N) is 2. The van der Waals surface area contributed by atoms with Gasteiger partial charge in [-0.3, -0.25) is 4.79 Å². The van der Waals surface area contributed by atoms with Crippen molar-refractivity contribution in [3.05, 3.63) is 71.3 Å². The number of amides is 1. The molecule has 36 heavy (non-hydrogen) atoms. The van der Waals surface area contributed by atoms with E-state index in [4.69, 9.17) is 9.47 Å². The number of piperidine rings is 1. The molecule has 1 amide bonds. The monoisotopic (exact) mass is 494 g/mol. The molecule has 3 rings (SSSR count). The molecule has 2 N–H and O–H groups in total. The molecule has 2 aromatic carbocycles. The van der Waals surface area contributed by atoms with Gasteiger partial charge in [-0.2, -0.15) is 5.26 Å². The molecule has 190 valence electrons. The largest absolute Gasteiger partial charge is 0.444 e. The number of carbonyl (C=O) groups is 3. The van der Waals surface area contributed by atoms with E-state index in [0.717, 1.165) is 6.92 Å². The van der Waals surface area contributed by atoms with E-state index in [2.05, 4.69) is 0 Å². The minimum absolute atomic E-state index is 0.0469. The molecule has 0 saturated carbocycles. The third kappa shape index (κ3) is 5.40. The minimum atomic E-state index is -2.54. The van der Waals surface area contributed by atoms with Crippen LogP contribution in [-0.4, -0.2) is 51.8 Å². The third-order valence-corrected chi connectivity index (χ3v) is 6.15. The molecule has 1 aliphatic heterocycles. The normalized spacial score (nSPS) is 21.6. The van der Waals surface area contributed by atoms with Crippen molar-refractivity contribution in [2.24, 2.45) is 5.92 Å². The first-order chi connectivity index (χ1) is 16.8. The Balaban J connectivity index is 2.20. The van der Waals surface area contributed by atoms with Crippen molar-refractivity contribution in [1.29, 1.82) is 5.26 Å². The lowest BCUT2D eigenvalue weighted by Gasteiger charge is -2.50. The average molecular weight is 495 g/mol. The van der Waals surface area contributed by atoms with Crippen molar-refractivity contribution < 1.29 is 34.1 Å². The van der Waals surface area contributed by atoms with Crippen LogP contribution in [0.5, 0.6) is 0 Å². The van der Waals surface area contributed by atoms with Gasteiger partial charge in [0.15, 0.2) is 5.60 Å². The fourth-order valence-electron chi connectivity index (χ4n) is 4.48. The van der Waals surface area contributed by atoms with Gasteiger partial charge in [0.25, 0.3) is 0 Å². The molecule has 0 bridgehead atoms. The molecule has 0 aromatic heterocycles. The van der Waals surface area contributed by atoms with Crippen LogP contribution >= 0.6 is 0 Å². The van der Waals surface area contributed by atoms with Gasteiger partial charge in [0.2, 0.25) is 0 Å². The van der Waals surface area contributed by atoms with Crippen LogP contribution < -0.4 is 0 Å². The van der Waals surface area contributed by atoms with Crippen LogP contribution in [-0.2, 0) is 30.3 Å². The molecule has 1 saturated heterocycles. The molecule has 1 fully saturated rings. The van der Waals surface area contributed by atoms with Gasteiger partial charge in [-0.05, 0) is 50.5 Å². The molecule has 9 heteroatoms. The van der Waals surface area contributed by atoms with Gasteiger partial charge in [0.05, 0.1) is 23.2 Å². The summed E-state index contributed by atoms with van der Waals surface area (Å²) in [5.41, 5.74) is -4.60. The van der Waals surface area contributed by atoms with E-state index >= 15 is 0 Å². The smallest absolute Gasteiger partial charge is 0.410 e. The number of aliphatic hydroxyl groups is 2. The lowest BCUT2D eigenvalue weighted by atomic mass is 9.65. The number of likely N-dealkylation sites (tertiary alicyclic amines) is 1. The highest BCUT2D eigenvalue weighted by Gasteiger charge is 2.59. The summed E-state index contributed by atoms with van der Waals surface area (Å²) in [6.45, 7) is 5.90. The zero-order valence-corrected chi connectivity index (χ0v) is 20.7. The summed E-state index contributed by atoms with van der Waals surface area (Å²) < 4.78 is 10.3. The van der Waals surface area contributed by atoms with Crippen molar-refractivity contribution in [1.82, 2.24) is 4.90 Å². The Bertz CT molecular complexity index is 1180. The van der Waals surface area contributed by atoms with Gasteiger partial charge in [-0.15, -0.1) is 0 Å². The van der Waals surface area contributed by atoms with Gasteiger partial charge in [0, 0.05) is 20.0 Å². The number of carbonyl (C=O) groups excluding carboxylic acids is 3. The molecule has 3 atom stereocenters. The van der Waals surface area contributed by atoms with Gasteiger partial charge < -0.3 is 24.6 Å². The van der Waals surface area contributed by atoms with E-state index in [0.29, 0.717) is 0 Å². The SMILES string of the molecule is CC(=O)OC(=O)[C@@](O)(c1ccccc1)[C@H]1CN(C(=O)OC(C)(C)C)CC[C@]1(O)c1cccc(C#N)c1. The highest BCUT2D eigenvalue weighted by Crippen LogP contribution is 2.48. The number of ether oxygens (including phenoxy) is 2. The Morgan fingerprint density at radius 3 is 2.36 bits per heavy atom. The summed E-state index contributed by atoms with van der Waals surface area (Å²) in [6.07, 6.45) is -0.774. The van der Waals surface area contributed by atoms with Crippen LogP contribution in [0.15, 0.2) is 54.6 Å². The number of hydrogen-bond donors (Lipinski definition) is 2. The van der Waals surface area contributed by atoms with Crippen LogP contribution in [0.3, 0.4) is 0 Å². The number of nitriles is 1. The fraction of sp³-hybridized carbons (Fsp3) is 0.407. The number of esters is 2. The predicted octanol–water partition coefficient (Wildman–Crippen LogP) is 2.98. The summed E-state index contributed by atoms with van der Waals surface area (Å²) in [5, 5.41) is 33.5. The molecular formula is C27H30N2O7. The zero-order valence-electron chi connectivity index (χ0n) is 20.7. The molecular weight excluding hydrogens is 464 g/mol. The minimum Gasteiger partial charge on any atom is -0.444 e. The van der Waals surface area contributed by atoms with Crippen molar-refractivity contribution in [3.8, 4) is 6.07 Å². The first-order valence-electron chi connectivity index (χ1n) is 11.5. The Morgan fingerprint density at radius 1 is 1.11 bits per heavy atom. The molecule has 1 aliphatic rings. The maximum Gasteiger partial charge on any atom is 0.410 e. The average Bonchev–Trinajstić information content (AvgIpc) is 2.82. The van der Waals surface area contributed by atoms with Crippen molar-refractivity contribution in [3.63, 3.8) is 0 Å². The summed E-state index contributed by atoms with van der Waals surface area (Å²) >= 11 is 0. The van der Waals surface area contributed by atoms with Crippen LogP contribution in [0, 0.1) is 17.2 Å². The standard InChI is InChI=1S/C27H30N2O7/c1-18(30)35-23(31)27(34,20-10-6-5-7-11-20)22-17-29(24(32)36-25(2,3)4)14-13-26(22,33)21-12-8-9-19(15-21)16-28/h5-12,15,22,33-34H,13-14,17H2,1-4H3/t22-,26-,27+/m0/s1. The maximum atomic E-state index is 13.3. The molecule has 0 unspecified atom stereocenters.